The van der Waals surface area contributed by atoms with Crippen LogP contribution in [0.25, 0.3) is 0 Å². The topological polar surface area (TPSA) is 52.3 Å². The van der Waals surface area contributed by atoms with Crippen LogP contribution in [0.4, 0.5) is 0 Å². The van der Waals surface area contributed by atoms with Crippen LogP contribution in [0.15, 0.2) is 18.2 Å². The number of rotatable bonds is 4. The number of benzene rings is 1. The number of carbonyl (C=O) groups excluding carboxylic acids is 1. The van der Waals surface area contributed by atoms with Crippen LogP contribution in [0.3, 0.4) is 0 Å². The predicted molar refractivity (Wildman–Crippen MR) is 74.4 cm³/mol. The molecule has 1 rings (SSSR count). The first kappa shape index (κ1) is 15.0. The van der Waals surface area contributed by atoms with Crippen LogP contribution >= 0.6 is 11.6 Å². The highest BCUT2D eigenvalue weighted by molar-refractivity contribution is 6.31. The van der Waals surface area contributed by atoms with Gasteiger partial charge in [0.1, 0.15) is 5.75 Å². The second-order valence-corrected chi connectivity index (χ2v) is 5.96. The fraction of sp³-hybridized carbons (Fsp3) is 0.500. The average molecular weight is 270 g/mol. The Morgan fingerprint density at radius 3 is 2.28 bits per heavy atom. The van der Waals surface area contributed by atoms with Crippen LogP contribution in [-0.4, -0.2) is 18.4 Å². The van der Waals surface area contributed by atoms with Gasteiger partial charge in [0.2, 0.25) is 0 Å². The maximum atomic E-state index is 12.6. The van der Waals surface area contributed by atoms with Crippen molar-refractivity contribution < 1.29 is 9.53 Å². The van der Waals surface area contributed by atoms with E-state index in [1.54, 1.807) is 18.2 Å². The average Bonchev–Trinajstić information content (AvgIpc) is 2.26. The molecule has 0 saturated heterocycles. The number of nitrogens with two attached hydrogens (primary N) is 1. The number of hydrogen-bond acceptors (Lipinski definition) is 3. The van der Waals surface area contributed by atoms with Gasteiger partial charge >= 0.3 is 0 Å². The molecule has 0 amide bonds. The predicted octanol–water partition coefficient (Wildman–Crippen LogP) is 3.29. The number of ether oxygens (including phenoxy) is 1. The van der Waals surface area contributed by atoms with Gasteiger partial charge in [0.05, 0.1) is 12.7 Å². The first-order chi connectivity index (χ1) is 8.11. The Hall–Kier alpha value is -1.06. The SMILES string of the molecule is COc1ccc(Cl)cc1C(=O)C(C)(C)C(C)(C)N. The highest BCUT2D eigenvalue weighted by Gasteiger charge is 2.41. The molecule has 2 N–H and O–H groups in total. The van der Waals surface area contributed by atoms with Gasteiger partial charge in [-0.1, -0.05) is 25.4 Å². The third-order valence-corrected chi connectivity index (χ3v) is 3.82. The molecule has 0 atom stereocenters. The number of carbonyl (C=O) groups is 1. The monoisotopic (exact) mass is 269 g/mol. The molecule has 1 aromatic carbocycles. The quantitative estimate of drug-likeness (QED) is 0.854. The minimum Gasteiger partial charge on any atom is -0.496 e. The molecule has 3 nitrogen and oxygen atoms in total. The molecule has 0 bridgehead atoms. The molecule has 0 radical (unpaired) electrons. The Bertz CT molecular complexity index is 461. The molecule has 0 saturated carbocycles. The molecule has 0 spiro atoms. The second kappa shape index (κ2) is 4.90. The summed E-state index contributed by atoms with van der Waals surface area (Å²) in [5, 5.41) is 0.504. The van der Waals surface area contributed by atoms with E-state index in [0.717, 1.165) is 0 Å². The number of methoxy groups -OCH3 is 1. The molecule has 0 fully saturated rings. The fourth-order valence-electron chi connectivity index (χ4n) is 1.49. The lowest BCUT2D eigenvalue weighted by atomic mass is 9.70. The Morgan fingerprint density at radius 2 is 1.83 bits per heavy atom. The van der Waals surface area contributed by atoms with E-state index in [1.807, 2.05) is 27.7 Å². The first-order valence-corrected chi connectivity index (χ1v) is 6.16. The molecule has 0 aliphatic carbocycles. The lowest BCUT2D eigenvalue weighted by molar-refractivity contribution is 0.0731. The van der Waals surface area contributed by atoms with Crippen molar-refractivity contribution in [2.24, 2.45) is 11.1 Å². The summed E-state index contributed by atoms with van der Waals surface area (Å²) in [6.45, 7) is 7.33. The molecular weight excluding hydrogens is 250 g/mol. The number of halogens is 1. The summed E-state index contributed by atoms with van der Waals surface area (Å²) in [5.41, 5.74) is 5.19. The molecule has 0 aliphatic heterocycles. The summed E-state index contributed by atoms with van der Waals surface area (Å²) in [5.74, 6) is 0.441. The van der Waals surface area contributed by atoms with Gasteiger partial charge < -0.3 is 10.5 Å². The zero-order valence-electron chi connectivity index (χ0n) is 11.5. The fourth-order valence-corrected chi connectivity index (χ4v) is 1.66. The van der Waals surface area contributed by atoms with E-state index in [9.17, 15) is 4.79 Å². The van der Waals surface area contributed by atoms with Crippen molar-refractivity contribution in [1.82, 2.24) is 0 Å². The van der Waals surface area contributed by atoms with Gasteiger partial charge in [-0.3, -0.25) is 4.79 Å². The molecule has 4 heteroatoms. The van der Waals surface area contributed by atoms with Gasteiger partial charge in [0.25, 0.3) is 0 Å². The van der Waals surface area contributed by atoms with E-state index >= 15 is 0 Å². The minimum absolute atomic E-state index is 0.0747. The lowest BCUT2D eigenvalue weighted by Crippen LogP contribution is -2.51. The van der Waals surface area contributed by atoms with Crippen molar-refractivity contribution in [2.75, 3.05) is 7.11 Å². The third kappa shape index (κ3) is 2.68. The standard InChI is InChI=1S/C14H20ClNO2/c1-13(2,14(3,4)16)12(17)10-8-9(15)6-7-11(10)18-5/h6-8H,16H2,1-5H3. The highest BCUT2D eigenvalue weighted by Crippen LogP contribution is 2.36. The van der Waals surface area contributed by atoms with Crippen LogP contribution < -0.4 is 10.5 Å². The van der Waals surface area contributed by atoms with Gasteiger partial charge in [-0.25, -0.2) is 0 Å². The Labute approximate surface area is 113 Å². The summed E-state index contributed by atoms with van der Waals surface area (Å²) in [6.07, 6.45) is 0. The highest BCUT2D eigenvalue weighted by atomic mass is 35.5. The zero-order valence-corrected chi connectivity index (χ0v) is 12.3. The van der Waals surface area contributed by atoms with Crippen molar-refractivity contribution >= 4 is 17.4 Å². The van der Waals surface area contributed by atoms with E-state index in [2.05, 4.69) is 0 Å². The third-order valence-electron chi connectivity index (χ3n) is 3.58. The van der Waals surface area contributed by atoms with Crippen LogP contribution in [0.1, 0.15) is 38.1 Å². The minimum atomic E-state index is -0.717. The molecule has 0 unspecified atom stereocenters. The Balaban J connectivity index is 3.31. The summed E-state index contributed by atoms with van der Waals surface area (Å²) in [7, 11) is 1.53. The zero-order chi connectivity index (χ0) is 14.1. The molecule has 0 heterocycles. The normalized spacial score (nSPS) is 12.4. The van der Waals surface area contributed by atoms with Gasteiger partial charge in [0.15, 0.2) is 5.78 Å². The maximum Gasteiger partial charge on any atom is 0.174 e. The molecule has 100 valence electrons. The largest absolute Gasteiger partial charge is 0.496 e. The summed E-state index contributed by atoms with van der Waals surface area (Å²) in [6, 6.07) is 5.00. The Morgan fingerprint density at radius 1 is 1.28 bits per heavy atom. The summed E-state index contributed by atoms with van der Waals surface area (Å²) < 4.78 is 5.21. The second-order valence-electron chi connectivity index (χ2n) is 5.52. The van der Waals surface area contributed by atoms with Crippen molar-refractivity contribution in [1.29, 1.82) is 0 Å². The van der Waals surface area contributed by atoms with E-state index in [1.165, 1.54) is 7.11 Å². The van der Waals surface area contributed by atoms with Crippen molar-refractivity contribution in [3.63, 3.8) is 0 Å². The smallest absolute Gasteiger partial charge is 0.174 e. The van der Waals surface area contributed by atoms with E-state index in [-0.39, 0.29) is 5.78 Å². The van der Waals surface area contributed by atoms with Gasteiger partial charge in [0, 0.05) is 16.0 Å². The van der Waals surface area contributed by atoms with Crippen LogP contribution in [0, 0.1) is 5.41 Å². The molecule has 0 aromatic heterocycles. The van der Waals surface area contributed by atoms with Crippen LogP contribution in [0.5, 0.6) is 5.75 Å². The van der Waals surface area contributed by atoms with Gasteiger partial charge in [-0.05, 0) is 32.0 Å². The van der Waals surface area contributed by atoms with Crippen molar-refractivity contribution in [3.05, 3.63) is 28.8 Å². The molecule has 1 aromatic rings. The van der Waals surface area contributed by atoms with Gasteiger partial charge in [-0.2, -0.15) is 0 Å². The van der Waals surface area contributed by atoms with Crippen LogP contribution in [-0.2, 0) is 0 Å². The summed E-state index contributed by atoms with van der Waals surface area (Å²) >= 11 is 5.94. The number of hydrogen-bond donors (Lipinski definition) is 1. The van der Waals surface area contributed by atoms with Crippen molar-refractivity contribution in [2.45, 2.75) is 33.2 Å². The summed E-state index contributed by atoms with van der Waals surface area (Å²) in [4.78, 5) is 12.6. The van der Waals surface area contributed by atoms with E-state index in [0.29, 0.717) is 16.3 Å². The number of ketones is 1. The molecule has 18 heavy (non-hydrogen) atoms. The van der Waals surface area contributed by atoms with Crippen molar-refractivity contribution in [3.8, 4) is 5.75 Å². The van der Waals surface area contributed by atoms with E-state index in [4.69, 9.17) is 22.1 Å². The molecule has 0 aliphatic rings. The van der Waals surface area contributed by atoms with Gasteiger partial charge in [-0.15, -0.1) is 0 Å². The lowest BCUT2D eigenvalue weighted by Gasteiger charge is -2.37. The number of Topliss-reactive ketones (excluding diaryl/α,β-unsaturated/α-hetero) is 1. The van der Waals surface area contributed by atoms with E-state index < -0.39 is 11.0 Å². The first-order valence-electron chi connectivity index (χ1n) is 5.78. The molecular formula is C14H20ClNO2. The maximum absolute atomic E-state index is 12.6. The van der Waals surface area contributed by atoms with Crippen LogP contribution in [0.2, 0.25) is 5.02 Å². The Kier molecular flexibility index (Phi) is 4.08.